The van der Waals surface area contributed by atoms with Crippen molar-refractivity contribution in [3.8, 4) is 5.75 Å². The van der Waals surface area contributed by atoms with Crippen LogP contribution in [0.4, 0.5) is 0 Å². The van der Waals surface area contributed by atoms with Gasteiger partial charge in [0.25, 0.3) is 5.91 Å². The van der Waals surface area contributed by atoms with Crippen molar-refractivity contribution in [3.63, 3.8) is 0 Å². The van der Waals surface area contributed by atoms with Crippen LogP contribution in [0.3, 0.4) is 0 Å². The summed E-state index contributed by atoms with van der Waals surface area (Å²) in [5, 5.41) is 6.57. The van der Waals surface area contributed by atoms with Crippen molar-refractivity contribution < 1.29 is 17.9 Å². The molecule has 9 heteroatoms. The first kappa shape index (κ1) is 20.9. The van der Waals surface area contributed by atoms with E-state index >= 15 is 0 Å². The van der Waals surface area contributed by atoms with E-state index < -0.39 is 10.0 Å². The van der Waals surface area contributed by atoms with E-state index in [2.05, 4.69) is 10.2 Å². The molecule has 0 radical (unpaired) electrons. The van der Waals surface area contributed by atoms with Crippen LogP contribution in [0.1, 0.15) is 37.2 Å². The fourth-order valence-corrected chi connectivity index (χ4v) is 6.11. The number of amides is 1. The van der Waals surface area contributed by atoms with Crippen LogP contribution in [0.2, 0.25) is 0 Å². The van der Waals surface area contributed by atoms with Crippen LogP contribution >= 0.6 is 0 Å². The number of sulfonamides is 1. The van der Waals surface area contributed by atoms with Crippen LogP contribution in [-0.4, -0.2) is 66.5 Å². The van der Waals surface area contributed by atoms with Crippen molar-refractivity contribution in [2.45, 2.75) is 31.6 Å². The number of nitrogens with one attached hydrogen (secondary N) is 1. The first-order chi connectivity index (χ1) is 14.3. The van der Waals surface area contributed by atoms with Gasteiger partial charge in [0.1, 0.15) is 16.3 Å². The Morgan fingerprint density at radius 2 is 1.97 bits per heavy atom. The zero-order valence-corrected chi connectivity index (χ0v) is 18.2. The predicted molar refractivity (Wildman–Crippen MR) is 112 cm³/mol. The van der Waals surface area contributed by atoms with Gasteiger partial charge in [0.2, 0.25) is 10.0 Å². The van der Waals surface area contributed by atoms with E-state index in [0.717, 1.165) is 0 Å². The maximum absolute atomic E-state index is 13.4. The number of rotatable bonds is 3. The van der Waals surface area contributed by atoms with Gasteiger partial charge in [-0.15, -0.1) is 0 Å². The van der Waals surface area contributed by atoms with E-state index in [0.29, 0.717) is 57.1 Å². The van der Waals surface area contributed by atoms with Gasteiger partial charge >= 0.3 is 0 Å². The maximum atomic E-state index is 13.4. The summed E-state index contributed by atoms with van der Waals surface area (Å²) in [4.78, 5) is 14.7. The Hall–Kier alpha value is -2.39. The Morgan fingerprint density at radius 3 is 2.63 bits per heavy atom. The Bertz CT molecular complexity index is 996. The van der Waals surface area contributed by atoms with Gasteiger partial charge in [0.05, 0.1) is 6.61 Å². The van der Waals surface area contributed by atoms with Crippen LogP contribution in [0.15, 0.2) is 41.4 Å². The monoisotopic (exact) mass is 432 g/mol. The second-order valence-electron chi connectivity index (χ2n) is 8.69. The number of hydrogen-bond donors (Lipinski definition) is 1. The van der Waals surface area contributed by atoms with Crippen molar-refractivity contribution in [2.75, 3.05) is 32.8 Å². The van der Waals surface area contributed by atoms with E-state index in [1.54, 1.807) is 45.7 Å². The van der Waals surface area contributed by atoms with Gasteiger partial charge in [0.15, 0.2) is 0 Å². The molecule has 0 aliphatic carbocycles. The first-order valence-electron chi connectivity index (χ1n) is 10.3. The van der Waals surface area contributed by atoms with Gasteiger partial charge in [-0.2, -0.15) is 9.40 Å². The molecule has 30 heavy (non-hydrogen) atoms. The van der Waals surface area contributed by atoms with Crippen molar-refractivity contribution in [1.29, 1.82) is 0 Å². The molecule has 1 fully saturated rings. The molecule has 0 unspecified atom stereocenters. The zero-order valence-electron chi connectivity index (χ0n) is 17.4. The summed E-state index contributed by atoms with van der Waals surface area (Å²) in [6, 6.07) is 8.52. The minimum atomic E-state index is -3.66. The SMILES string of the molecule is CC(C)CN1CC2(CCN(C(=O)c3ccn[nH]3)CC2)COc2ccccc2S1(=O)=O. The fraction of sp³-hybridized carbons (Fsp3) is 0.524. The Kier molecular flexibility index (Phi) is 5.59. The van der Waals surface area contributed by atoms with E-state index in [1.807, 2.05) is 13.8 Å². The molecular weight excluding hydrogens is 404 g/mol. The molecule has 2 aliphatic heterocycles. The Labute approximate surface area is 177 Å². The van der Waals surface area contributed by atoms with Crippen LogP contribution in [0.25, 0.3) is 0 Å². The number of likely N-dealkylation sites (tertiary alicyclic amines) is 1. The van der Waals surface area contributed by atoms with Crippen LogP contribution in [-0.2, 0) is 10.0 Å². The van der Waals surface area contributed by atoms with Gasteiger partial charge in [0, 0.05) is 37.8 Å². The number of carbonyl (C=O) groups excluding carboxylic acids is 1. The molecule has 0 bridgehead atoms. The van der Waals surface area contributed by atoms with Crippen molar-refractivity contribution in [3.05, 3.63) is 42.2 Å². The molecular formula is C21H28N4O4S. The molecule has 1 aromatic heterocycles. The number of hydrogen-bond acceptors (Lipinski definition) is 5. The molecule has 3 heterocycles. The smallest absolute Gasteiger partial charge is 0.271 e. The molecule has 162 valence electrons. The second-order valence-corrected chi connectivity index (χ2v) is 10.6. The molecule has 2 aliphatic rings. The quantitative estimate of drug-likeness (QED) is 0.803. The summed E-state index contributed by atoms with van der Waals surface area (Å²) >= 11 is 0. The lowest BCUT2D eigenvalue weighted by Gasteiger charge is -2.45. The number of H-pyrrole nitrogens is 1. The lowest BCUT2D eigenvalue weighted by atomic mass is 9.78. The van der Waals surface area contributed by atoms with Crippen molar-refractivity contribution >= 4 is 15.9 Å². The fourth-order valence-electron chi connectivity index (χ4n) is 4.26. The second kappa shape index (κ2) is 8.03. The predicted octanol–water partition coefficient (Wildman–Crippen LogP) is 2.37. The number of piperidine rings is 1. The number of aromatic amines is 1. The zero-order chi connectivity index (χ0) is 21.4. The summed E-state index contributed by atoms with van der Waals surface area (Å²) in [6.45, 7) is 6.43. The van der Waals surface area contributed by atoms with E-state index in [4.69, 9.17) is 4.74 Å². The number of fused-ring (bicyclic) bond motifs is 1. The highest BCUT2D eigenvalue weighted by Crippen LogP contribution is 2.39. The number of benzene rings is 1. The largest absolute Gasteiger partial charge is 0.492 e. The van der Waals surface area contributed by atoms with Crippen LogP contribution in [0, 0.1) is 11.3 Å². The summed E-state index contributed by atoms with van der Waals surface area (Å²) in [7, 11) is -3.66. The number of para-hydroxylation sites is 1. The third kappa shape index (κ3) is 3.96. The van der Waals surface area contributed by atoms with Gasteiger partial charge in [-0.1, -0.05) is 26.0 Å². The highest BCUT2D eigenvalue weighted by molar-refractivity contribution is 7.89. The highest BCUT2D eigenvalue weighted by Gasteiger charge is 2.43. The first-order valence-corrected chi connectivity index (χ1v) is 11.8. The molecule has 1 saturated heterocycles. The number of nitrogens with zero attached hydrogens (tertiary/aromatic N) is 3. The minimum absolute atomic E-state index is 0.0777. The average Bonchev–Trinajstić information content (AvgIpc) is 3.26. The van der Waals surface area contributed by atoms with Gasteiger partial charge in [-0.05, 0) is 37.0 Å². The highest BCUT2D eigenvalue weighted by atomic mass is 32.2. The molecule has 1 spiro atoms. The van der Waals surface area contributed by atoms with Crippen molar-refractivity contribution in [2.24, 2.45) is 11.3 Å². The summed E-state index contributed by atoms with van der Waals surface area (Å²) in [6.07, 6.45) is 2.92. The van der Waals surface area contributed by atoms with E-state index in [9.17, 15) is 13.2 Å². The lowest BCUT2D eigenvalue weighted by molar-refractivity contribution is 0.0287. The Morgan fingerprint density at radius 1 is 1.23 bits per heavy atom. The van der Waals surface area contributed by atoms with Gasteiger partial charge < -0.3 is 9.64 Å². The van der Waals surface area contributed by atoms with Crippen LogP contribution in [0.5, 0.6) is 5.75 Å². The van der Waals surface area contributed by atoms with E-state index in [1.165, 1.54) is 0 Å². The summed E-state index contributed by atoms with van der Waals surface area (Å²) in [5.41, 5.74) is 0.137. The van der Waals surface area contributed by atoms with Crippen LogP contribution < -0.4 is 4.74 Å². The number of carbonyl (C=O) groups is 1. The topological polar surface area (TPSA) is 95.6 Å². The van der Waals surface area contributed by atoms with Gasteiger partial charge in [-0.25, -0.2) is 8.42 Å². The maximum Gasteiger partial charge on any atom is 0.271 e. The number of ether oxygens (including phenoxy) is 1. The van der Waals surface area contributed by atoms with E-state index in [-0.39, 0.29) is 22.1 Å². The third-order valence-corrected chi connectivity index (χ3v) is 7.77. The molecule has 4 rings (SSSR count). The number of aromatic nitrogens is 2. The van der Waals surface area contributed by atoms with Gasteiger partial charge in [-0.3, -0.25) is 9.89 Å². The molecule has 1 amide bonds. The van der Waals surface area contributed by atoms with Crippen molar-refractivity contribution in [1.82, 2.24) is 19.4 Å². The normalized spacial score (nSPS) is 21.0. The molecule has 0 saturated carbocycles. The molecule has 2 aromatic rings. The Balaban J connectivity index is 1.60. The molecule has 1 aromatic carbocycles. The summed E-state index contributed by atoms with van der Waals surface area (Å²) in [5.74, 6) is 0.527. The summed E-state index contributed by atoms with van der Waals surface area (Å²) < 4.78 is 34.5. The minimum Gasteiger partial charge on any atom is -0.492 e. The average molecular weight is 433 g/mol. The standard InChI is InChI=1S/C21H28N4O4S/c1-16(2)13-25-14-21(15-29-18-5-3-4-6-19(18)30(25,27)28)8-11-24(12-9-21)20(26)17-7-10-22-23-17/h3-7,10,16H,8-9,11-15H2,1-2H3,(H,22,23). The lowest BCUT2D eigenvalue weighted by Crippen LogP contribution is -2.53. The molecule has 1 N–H and O–H groups in total. The molecule has 8 nitrogen and oxygen atoms in total. The third-order valence-electron chi connectivity index (χ3n) is 5.92. The molecule has 0 atom stereocenters.